The van der Waals surface area contributed by atoms with Crippen LogP contribution in [0.1, 0.15) is 26.2 Å². The molecule has 0 bridgehead atoms. The summed E-state index contributed by atoms with van der Waals surface area (Å²) in [5, 5.41) is 0. The molecular formula is C13H17FO3. The molecule has 17 heavy (non-hydrogen) atoms. The fourth-order valence-electron chi connectivity index (χ4n) is 1.43. The zero-order valence-electron chi connectivity index (χ0n) is 10.1. The van der Waals surface area contributed by atoms with Gasteiger partial charge in [0.2, 0.25) is 0 Å². The average Bonchev–Trinajstić information content (AvgIpc) is 2.30. The van der Waals surface area contributed by atoms with E-state index < -0.39 is 17.9 Å². The van der Waals surface area contributed by atoms with Crippen LogP contribution in [-0.2, 0) is 9.53 Å². The second-order valence-corrected chi connectivity index (χ2v) is 3.75. The maximum absolute atomic E-state index is 12.9. The van der Waals surface area contributed by atoms with Crippen LogP contribution in [0, 0.1) is 5.82 Å². The smallest absolute Gasteiger partial charge is 0.340 e. The van der Waals surface area contributed by atoms with Gasteiger partial charge in [-0.05, 0) is 18.6 Å². The lowest BCUT2D eigenvalue weighted by molar-refractivity contribution is -0.146. The Balaban J connectivity index is 2.57. The number of esters is 1. The molecule has 0 unspecified atom stereocenters. The molecule has 4 heteroatoms. The normalized spacial score (nSPS) is 12.2. The van der Waals surface area contributed by atoms with Crippen molar-refractivity contribution in [1.82, 2.24) is 0 Å². The molecule has 1 aromatic carbocycles. The maximum Gasteiger partial charge on any atom is 0.340 e. The number of rotatable bonds is 6. The van der Waals surface area contributed by atoms with Crippen molar-refractivity contribution in [2.75, 3.05) is 7.11 Å². The summed E-state index contributed by atoms with van der Waals surface area (Å²) in [6.45, 7) is 2.03. The highest BCUT2D eigenvalue weighted by atomic mass is 19.1. The molecule has 0 aliphatic rings. The van der Waals surface area contributed by atoms with Gasteiger partial charge in [-0.25, -0.2) is 9.18 Å². The van der Waals surface area contributed by atoms with Crippen molar-refractivity contribution in [3.8, 4) is 5.75 Å². The number of ether oxygens (including phenoxy) is 2. The highest BCUT2D eigenvalue weighted by molar-refractivity contribution is 5.77. The minimum Gasteiger partial charge on any atom is -0.425 e. The van der Waals surface area contributed by atoms with Crippen molar-refractivity contribution in [3.05, 3.63) is 30.1 Å². The van der Waals surface area contributed by atoms with Crippen LogP contribution in [0.2, 0.25) is 0 Å². The monoisotopic (exact) mass is 240 g/mol. The second kappa shape index (κ2) is 7.01. The van der Waals surface area contributed by atoms with Crippen LogP contribution in [0.5, 0.6) is 5.75 Å². The second-order valence-electron chi connectivity index (χ2n) is 3.75. The first-order valence-corrected chi connectivity index (χ1v) is 5.67. The Morgan fingerprint density at radius 3 is 2.82 bits per heavy atom. The van der Waals surface area contributed by atoms with Crippen molar-refractivity contribution < 1.29 is 18.7 Å². The van der Waals surface area contributed by atoms with E-state index in [1.807, 2.05) is 6.92 Å². The fraction of sp³-hybridized carbons (Fsp3) is 0.462. The summed E-state index contributed by atoms with van der Waals surface area (Å²) in [5.74, 6) is -0.710. The van der Waals surface area contributed by atoms with E-state index in [1.54, 1.807) is 0 Å². The third kappa shape index (κ3) is 4.53. The molecule has 0 amide bonds. The first-order chi connectivity index (χ1) is 8.17. The summed E-state index contributed by atoms with van der Waals surface area (Å²) in [6, 6.07) is 5.49. The van der Waals surface area contributed by atoms with Gasteiger partial charge in [-0.2, -0.15) is 0 Å². The minimum atomic E-state index is -0.585. The lowest BCUT2D eigenvalue weighted by atomic mass is 10.1. The molecule has 1 atom stereocenters. The lowest BCUT2D eigenvalue weighted by Crippen LogP contribution is -2.27. The molecular weight excluding hydrogens is 223 g/mol. The summed E-state index contributed by atoms with van der Waals surface area (Å²) in [6.07, 6.45) is 1.89. The van der Waals surface area contributed by atoms with Gasteiger partial charge in [-0.15, -0.1) is 0 Å². The topological polar surface area (TPSA) is 35.5 Å². The SMILES string of the molecule is CCCC[C@H](OC)C(=O)Oc1cccc(F)c1. The Kier molecular flexibility index (Phi) is 5.63. The lowest BCUT2D eigenvalue weighted by Gasteiger charge is -2.13. The number of carbonyl (C=O) groups excluding carboxylic acids is 1. The molecule has 0 saturated heterocycles. The van der Waals surface area contributed by atoms with Crippen molar-refractivity contribution in [1.29, 1.82) is 0 Å². The molecule has 1 rings (SSSR count). The van der Waals surface area contributed by atoms with E-state index in [4.69, 9.17) is 9.47 Å². The van der Waals surface area contributed by atoms with Crippen molar-refractivity contribution in [3.63, 3.8) is 0 Å². The van der Waals surface area contributed by atoms with Crippen LogP contribution in [0.3, 0.4) is 0 Å². The summed E-state index contributed by atoms with van der Waals surface area (Å²) in [5.41, 5.74) is 0. The number of halogens is 1. The Bertz CT molecular complexity index is 365. The van der Waals surface area contributed by atoms with E-state index in [2.05, 4.69) is 0 Å². The molecule has 3 nitrogen and oxygen atoms in total. The van der Waals surface area contributed by atoms with Crippen molar-refractivity contribution >= 4 is 5.97 Å². The van der Waals surface area contributed by atoms with Crippen LogP contribution in [0.25, 0.3) is 0 Å². The van der Waals surface area contributed by atoms with Gasteiger partial charge < -0.3 is 9.47 Å². The molecule has 94 valence electrons. The van der Waals surface area contributed by atoms with Crippen LogP contribution in [-0.4, -0.2) is 19.2 Å². The third-order valence-electron chi connectivity index (χ3n) is 2.38. The maximum atomic E-state index is 12.9. The molecule has 0 saturated carbocycles. The van der Waals surface area contributed by atoms with Gasteiger partial charge in [0.1, 0.15) is 11.6 Å². The zero-order valence-corrected chi connectivity index (χ0v) is 10.1. The van der Waals surface area contributed by atoms with Crippen LogP contribution >= 0.6 is 0 Å². The molecule has 0 spiro atoms. The summed E-state index contributed by atoms with van der Waals surface area (Å²) < 4.78 is 23.0. The van der Waals surface area contributed by atoms with Crippen molar-refractivity contribution in [2.24, 2.45) is 0 Å². The zero-order chi connectivity index (χ0) is 12.7. The number of methoxy groups -OCH3 is 1. The highest BCUT2D eigenvalue weighted by Gasteiger charge is 2.19. The molecule has 1 aromatic rings. The summed E-state index contributed by atoms with van der Waals surface area (Å²) >= 11 is 0. The average molecular weight is 240 g/mol. The molecule has 0 aliphatic heterocycles. The standard InChI is InChI=1S/C13H17FO3/c1-3-4-8-12(16-2)13(15)17-11-7-5-6-10(14)9-11/h5-7,9,12H,3-4,8H2,1-2H3/t12-/m0/s1. The Morgan fingerprint density at radius 1 is 1.47 bits per heavy atom. The van der Waals surface area contributed by atoms with E-state index in [0.29, 0.717) is 6.42 Å². The Morgan fingerprint density at radius 2 is 2.24 bits per heavy atom. The molecule has 0 fully saturated rings. The predicted octanol–water partition coefficient (Wildman–Crippen LogP) is 2.94. The highest BCUT2D eigenvalue weighted by Crippen LogP contribution is 2.14. The van der Waals surface area contributed by atoms with Gasteiger partial charge in [0, 0.05) is 13.2 Å². The molecule has 0 heterocycles. The molecule has 0 radical (unpaired) electrons. The van der Waals surface area contributed by atoms with Crippen LogP contribution in [0.4, 0.5) is 4.39 Å². The summed E-state index contributed by atoms with van der Waals surface area (Å²) in [4.78, 5) is 11.7. The van der Waals surface area contributed by atoms with E-state index in [9.17, 15) is 9.18 Å². The number of hydrogen-bond donors (Lipinski definition) is 0. The molecule has 0 N–H and O–H groups in total. The first-order valence-electron chi connectivity index (χ1n) is 5.67. The Hall–Kier alpha value is -1.42. The van der Waals surface area contributed by atoms with Gasteiger partial charge in [0.05, 0.1) is 0 Å². The van der Waals surface area contributed by atoms with E-state index >= 15 is 0 Å². The van der Waals surface area contributed by atoms with Gasteiger partial charge >= 0.3 is 5.97 Å². The van der Waals surface area contributed by atoms with Crippen LogP contribution < -0.4 is 4.74 Å². The van der Waals surface area contributed by atoms with E-state index in [1.165, 1.54) is 31.4 Å². The van der Waals surface area contributed by atoms with Gasteiger partial charge in [-0.1, -0.05) is 25.8 Å². The van der Waals surface area contributed by atoms with Gasteiger partial charge in [0.15, 0.2) is 6.10 Å². The van der Waals surface area contributed by atoms with E-state index in [-0.39, 0.29) is 5.75 Å². The minimum absolute atomic E-state index is 0.202. The Labute approximate surface area is 101 Å². The van der Waals surface area contributed by atoms with Gasteiger partial charge in [-0.3, -0.25) is 0 Å². The molecule has 0 aliphatic carbocycles. The van der Waals surface area contributed by atoms with Crippen molar-refractivity contribution in [2.45, 2.75) is 32.3 Å². The number of benzene rings is 1. The number of unbranched alkanes of at least 4 members (excludes halogenated alkanes) is 1. The predicted molar refractivity (Wildman–Crippen MR) is 62.4 cm³/mol. The fourth-order valence-corrected chi connectivity index (χ4v) is 1.43. The quantitative estimate of drug-likeness (QED) is 0.566. The summed E-state index contributed by atoms with van der Waals surface area (Å²) in [7, 11) is 1.47. The number of hydrogen-bond acceptors (Lipinski definition) is 3. The molecule has 0 aromatic heterocycles. The first kappa shape index (κ1) is 13.6. The van der Waals surface area contributed by atoms with Crippen LogP contribution in [0.15, 0.2) is 24.3 Å². The number of carbonyl (C=O) groups is 1. The van der Waals surface area contributed by atoms with E-state index in [0.717, 1.165) is 12.8 Å². The third-order valence-corrected chi connectivity index (χ3v) is 2.38. The largest absolute Gasteiger partial charge is 0.425 e. The van der Waals surface area contributed by atoms with Gasteiger partial charge in [0.25, 0.3) is 0 Å².